The van der Waals surface area contributed by atoms with E-state index in [-0.39, 0.29) is 18.3 Å². The third-order valence-corrected chi connectivity index (χ3v) is 3.36. The maximum absolute atomic E-state index is 12.8. The van der Waals surface area contributed by atoms with Gasteiger partial charge in [0.2, 0.25) is 5.91 Å². The molecule has 2 aromatic rings. The number of carbonyl (C=O) groups excluding carboxylic acids is 2. The minimum absolute atomic E-state index is 0.253. The number of methoxy groups -OCH3 is 1. The Morgan fingerprint density at radius 1 is 1.15 bits per heavy atom. The Balaban J connectivity index is 1.94. The Kier molecular flexibility index (Phi) is 6.73. The van der Waals surface area contributed by atoms with Gasteiger partial charge in [0.15, 0.2) is 18.1 Å². The van der Waals surface area contributed by atoms with Crippen molar-refractivity contribution in [3.05, 3.63) is 65.5 Å². The van der Waals surface area contributed by atoms with Crippen molar-refractivity contribution in [2.45, 2.75) is 6.54 Å². The van der Waals surface area contributed by atoms with Crippen LogP contribution >= 0.6 is 0 Å². The highest BCUT2D eigenvalue weighted by Crippen LogP contribution is 2.28. The lowest BCUT2D eigenvalue weighted by Gasteiger charge is -2.10. The molecule has 0 aliphatic heterocycles. The fraction of sp³-hybridized carbons (Fsp3) is 0.158. The number of hydrogen-bond acceptors (Lipinski definition) is 4. The summed E-state index contributed by atoms with van der Waals surface area (Å²) in [5, 5.41) is 2.71. The first-order valence-corrected chi connectivity index (χ1v) is 7.77. The molecule has 2 aromatic carbocycles. The first kappa shape index (κ1) is 19.0. The lowest BCUT2D eigenvalue weighted by Crippen LogP contribution is -2.20. The molecule has 0 saturated heterocycles. The Hall–Kier alpha value is -3.35. The molecule has 26 heavy (non-hydrogen) atoms. The van der Waals surface area contributed by atoms with Gasteiger partial charge in [0.25, 0.3) is 5.91 Å². The molecule has 0 unspecified atom stereocenters. The largest absolute Gasteiger partial charge is 0.493 e. The molecule has 2 amide bonds. The van der Waals surface area contributed by atoms with Gasteiger partial charge in [-0.15, -0.1) is 0 Å². The van der Waals surface area contributed by atoms with Gasteiger partial charge >= 0.3 is 0 Å². The minimum atomic E-state index is -0.589. The topological polar surface area (TPSA) is 90.7 Å². The van der Waals surface area contributed by atoms with Crippen LogP contribution in [0.5, 0.6) is 11.5 Å². The van der Waals surface area contributed by atoms with Gasteiger partial charge in [0.1, 0.15) is 5.82 Å². The summed E-state index contributed by atoms with van der Waals surface area (Å²) in [5.41, 5.74) is 6.55. The van der Waals surface area contributed by atoms with Crippen molar-refractivity contribution in [3.63, 3.8) is 0 Å². The second-order valence-electron chi connectivity index (χ2n) is 5.34. The summed E-state index contributed by atoms with van der Waals surface area (Å²) in [6.45, 7) is 0.0456. The average Bonchev–Trinajstić information content (AvgIpc) is 2.64. The Bertz CT molecular complexity index is 804. The SMILES string of the molecule is COc1cc(/C=C/C(=O)NCc2ccc(F)cc2)ccc1OCC(N)=O. The molecule has 0 bridgehead atoms. The minimum Gasteiger partial charge on any atom is -0.493 e. The van der Waals surface area contributed by atoms with Gasteiger partial charge in [-0.3, -0.25) is 9.59 Å². The molecule has 0 saturated carbocycles. The van der Waals surface area contributed by atoms with Crippen molar-refractivity contribution in [1.82, 2.24) is 5.32 Å². The zero-order valence-electron chi connectivity index (χ0n) is 14.2. The van der Waals surface area contributed by atoms with Crippen LogP contribution < -0.4 is 20.5 Å². The third-order valence-electron chi connectivity index (χ3n) is 3.36. The first-order chi connectivity index (χ1) is 12.5. The van der Waals surface area contributed by atoms with Gasteiger partial charge in [-0.1, -0.05) is 18.2 Å². The fourth-order valence-electron chi connectivity index (χ4n) is 2.08. The molecule has 0 spiro atoms. The number of nitrogens with two attached hydrogens (primary N) is 1. The molecule has 3 N–H and O–H groups in total. The zero-order chi connectivity index (χ0) is 18.9. The van der Waals surface area contributed by atoms with E-state index < -0.39 is 5.91 Å². The predicted octanol–water partition coefficient (Wildman–Crippen LogP) is 2.03. The van der Waals surface area contributed by atoms with Crippen LogP contribution in [0.25, 0.3) is 6.08 Å². The van der Waals surface area contributed by atoms with Crippen LogP contribution in [-0.4, -0.2) is 25.5 Å². The number of ether oxygens (including phenoxy) is 2. The van der Waals surface area contributed by atoms with E-state index in [9.17, 15) is 14.0 Å². The summed E-state index contributed by atoms with van der Waals surface area (Å²) in [5.74, 6) is -0.405. The summed E-state index contributed by atoms with van der Waals surface area (Å²) in [7, 11) is 1.47. The molecule has 2 rings (SSSR count). The van der Waals surface area contributed by atoms with Crippen LogP contribution in [-0.2, 0) is 16.1 Å². The van der Waals surface area contributed by atoms with Crippen molar-refractivity contribution >= 4 is 17.9 Å². The van der Waals surface area contributed by atoms with Gasteiger partial charge in [-0.25, -0.2) is 4.39 Å². The molecule has 0 aliphatic carbocycles. The van der Waals surface area contributed by atoms with Crippen LogP contribution in [0.2, 0.25) is 0 Å². The van der Waals surface area contributed by atoms with E-state index >= 15 is 0 Å². The Morgan fingerprint density at radius 2 is 1.88 bits per heavy atom. The highest BCUT2D eigenvalue weighted by Gasteiger charge is 2.06. The van der Waals surface area contributed by atoms with Gasteiger partial charge in [-0.2, -0.15) is 0 Å². The van der Waals surface area contributed by atoms with Crippen molar-refractivity contribution in [2.75, 3.05) is 13.7 Å². The number of primary amides is 1. The lowest BCUT2D eigenvalue weighted by molar-refractivity contribution is -0.120. The molecular weight excluding hydrogens is 339 g/mol. The van der Waals surface area contributed by atoms with Gasteiger partial charge in [0.05, 0.1) is 7.11 Å². The first-order valence-electron chi connectivity index (χ1n) is 7.77. The van der Waals surface area contributed by atoms with E-state index in [4.69, 9.17) is 15.2 Å². The zero-order valence-corrected chi connectivity index (χ0v) is 14.2. The van der Waals surface area contributed by atoms with Crippen molar-refractivity contribution in [2.24, 2.45) is 5.73 Å². The summed E-state index contributed by atoms with van der Waals surface area (Å²) >= 11 is 0. The predicted molar refractivity (Wildman–Crippen MR) is 95.0 cm³/mol. The number of rotatable bonds is 8. The second kappa shape index (κ2) is 9.22. The van der Waals surface area contributed by atoms with E-state index in [1.807, 2.05) is 0 Å². The Morgan fingerprint density at radius 3 is 2.54 bits per heavy atom. The monoisotopic (exact) mass is 358 g/mol. The van der Waals surface area contributed by atoms with Crippen LogP contribution in [0.1, 0.15) is 11.1 Å². The number of carbonyl (C=O) groups is 2. The molecule has 0 aliphatic rings. The summed E-state index contributed by atoms with van der Waals surface area (Å²) in [6, 6.07) is 10.9. The van der Waals surface area contributed by atoms with E-state index in [1.165, 1.54) is 25.3 Å². The summed E-state index contributed by atoms with van der Waals surface area (Å²) in [6.07, 6.45) is 2.99. The third kappa shape index (κ3) is 5.94. The van der Waals surface area contributed by atoms with Crippen LogP contribution in [0.3, 0.4) is 0 Å². The molecule has 0 aromatic heterocycles. The average molecular weight is 358 g/mol. The van der Waals surface area contributed by atoms with Crippen LogP contribution in [0, 0.1) is 5.82 Å². The maximum atomic E-state index is 12.8. The molecule has 0 radical (unpaired) electrons. The van der Waals surface area contributed by atoms with Gasteiger partial charge in [0, 0.05) is 12.6 Å². The maximum Gasteiger partial charge on any atom is 0.255 e. The molecular formula is C19H19FN2O4. The quantitative estimate of drug-likeness (QED) is 0.707. The van der Waals surface area contributed by atoms with Crippen LogP contribution in [0.15, 0.2) is 48.5 Å². The van der Waals surface area contributed by atoms with E-state index in [1.54, 1.807) is 36.4 Å². The van der Waals surface area contributed by atoms with Crippen molar-refractivity contribution in [1.29, 1.82) is 0 Å². The number of halogens is 1. The molecule has 0 fully saturated rings. The highest BCUT2D eigenvalue weighted by molar-refractivity contribution is 5.91. The van der Waals surface area contributed by atoms with E-state index in [0.717, 1.165) is 5.56 Å². The van der Waals surface area contributed by atoms with Gasteiger partial charge < -0.3 is 20.5 Å². The smallest absolute Gasteiger partial charge is 0.255 e. The molecule has 6 nitrogen and oxygen atoms in total. The van der Waals surface area contributed by atoms with Crippen molar-refractivity contribution in [3.8, 4) is 11.5 Å². The second-order valence-corrected chi connectivity index (χ2v) is 5.34. The van der Waals surface area contributed by atoms with Crippen molar-refractivity contribution < 1.29 is 23.5 Å². The number of hydrogen-bond donors (Lipinski definition) is 2. The van der Waals surface area contributed by atoms with E-state index in [2.05, 4.69) is 5.32 Å². The fourth-order valence-corrected chi connectivity index (χ4v) is 2.08. The lowest BCUT2D eigenvalue weighted by atomic mass is 10.2. The van der Waals surface area contributed by atoms with Gasteiger partial charge in [-0.05, 0) is 41.5 Å². The number of benzene rings is 2. The normalized spacial score (nSPS) is 10.5. The summed E-state index contributed by atoms with van der Waals surface area (Å²) < 4.78 is 23.3. The standard InChI is InChI=1S/C19H19FN2O4/c1-25-17-10-13(4-8-16(17)26-12-18(21)23)5-9-19(24)22-11-14-2-6-15(20)7-3-14/h2-10H,11-12H2,1H3,(H2,21,23)(H,22,24)/b9-5+. The number of nitrogens with one attached hydrogen (secondary N) is 1. The molecule has 7 heteroatoms. The van der Waals surface area contributed by atoms with Crippen LogP contribution in [0.4, 0.5) is 4.39 Å². The highest BCUT2D eigenvalue weighted by atomic mass is 19.1. The molecule has 136 valence electrons. The molecule has 0 atom stereocenters. The molecule has 0 heterocycles. The van der Waals surface area contributed by atoms with E-state index in [0.29, 0.717) is 23.6 Å². The number of amides is 2. The summed E-state index contributed by atoms with van der Waals surface area (Å²) in [4.78, 5) is 22.7. The Labute approximate surface area is 150 Å².